The van der Waals surface area contributed by atoms with Crippen LogP contribution in [0.4, 0.5) is 0 Å². The highest BCUT2D eigenvalue weighted by molar-refractivity contribution is 5.85. The number of carboxylic acids is 2. The van der Waals surface area contributed by atoms with Gasteiger partial charge in [0.2, 0.25) is 11.8 Å². The zero-order valence-corrected chi connectivity index (χ0v) is 26.2. The fourth-order valence-corrected chi connectivity index (χ4v) is 4.88. The van der Waals surface area contributed by atoms with Crippen LogP contribution in [0.15, 0.2) is 0 Å². The highest BCUT2D eigenvalue weighted by Crippen LogP contribution is 2.15. The zero-order chi connectivity index (χ0) is 32.3. The summed E-state index contributed by atoms with van der Waals surface area (Å²) in [6, 6.07) is -1.24. The zero-order valence-electron chi connectivity index (χ0n) is 26.2. The Bertz CT molecular complexity index is 834. The van der Waals surface area contributed by atoms with Crippen molar-refractivity contribution in [3.63, 3.8) is 0 Å². The molecule has 0 aromatic carbocycles. The van der Waals surface area contributed by atoms with Crippen LogP contribution in [0.1, 0.15) is 148 Å². The molecule has 2 unspecified atom stereocenters. The van der Waals surface area contributed by atoms with Gasteiger partial charge in [-0.3, -0.25) is 14.4 Å². The van der Waals surface area contributed by atoms with Gasteiger partial charge in [-0.05, 0) is 32.6 Å². The Kier molecular flexibility index (Phi) is 24.0. The Labute approximate surface area is 257 Å². The molecular weight excluding hydrogens is 556 g/mol. The normalized spacial score (nSPS) is 13.1. The van der Waals surface area contributed by atoms with Crippen molar-refractivity contribution < 1.29 is 44.1 Å². The van der Waals surface area contributed by atoms with Gasteiger partial charge in [0.15, 0.2) is 0 Å². The van der Waals surface area contributed by atoms with Crippen molar-refractivity contribution in [2.45, 2.75) is 160 Å². The van der Waals surface area contributed by atoms with Gasteiger partial charge in [0.25, 0.3) is 0 Å². The Morgan fingerprint density at radius 2 is 1.09 bits per heavy atom. The second kappa shape index (κ2) is 25.7. The van der Waals surface area contributed by atoms with Crippen LogP contribution in [0.3, 0.4) is 0 Å². The molecule has 0 heterocycles. The van der Waals surface area contributed by atoms with Gasteiger partial charge >= 0.3 is 11.9 Å². The average molecular weight is 613 g/mol. The Balaban J connectivity index is 3.89. The van der Waals surface area contributed by atoms with Crippen LogP contribution >= 0.6 is 0 Å². The Morgan fingerprint density at radius 3 is 1.47 bits per heavy atom. The number of rotatable bonds is 30. The van der Waals surface area contributed by atoms with Crippen LogP contribution in [0.2, 0.25) is 0 Å². The number of amides is 2. The third kappa shape index (κ3) is 23.3. The predicted octanol–water partition coefficient (Wildman–Crippen LogP) is 4.86. The number of hydrogen-bond donors (Lipinski definition) is 5. The molecule has 0 aliphatic heterocycles. The van der Waals surface area contributed by atoms with E-state index in [-0.39, 0.29) is 50.2 Å². The molecule has 0 saturated heterocycles. The second-order valence-electron chi connectivity index (χ2n) is 11.7. The van der Waals surface area contributed by atoms with Crippen LogP contribution in [0.5, 0.6) is 0 Å². The van der Waals surface area contributed by atoms with E-state index in [9.17, 15) is 39.0 Å². The minimum Gasteiger partial charge on any atom is -0.481 e. The van der Waals surface area contributed by atoms with Crippen molar-refractivity contribution in [3.8, 4) is 0 Å². The van der Waals surface area contributed by atoms with E-state index in [1.807, 2.05) is 0 Å². The largest absolute Gasteiger partial charge is 0.481 e. The monoisotopic (exact) mass is 612 g/mol. The summed E-state index contributed by atoms with van der Waals surface area (Å²) in [4.78, 5) is 69.3. The number of ketones is 1. The van der Waals surface area contributed by atoms with Crippen molar-refractivity contribution in [1.82, 2.24) is 10.6 Å². The van der Waals surface area contributed by atoms with Crippen molar-refractivity contribution in [2.75, 3.05) is 6.61 Å². The standard InChI is InChI=1S/C32H56N2O9/c1-26(37)22-23-32(24-35,25-36)34-29(39)21-20-27(31(42)43)33-28(38)18-16-14-12-10-8-6-4-2-3-5-7-9-11-13-15-17-19-30(40)41/h24,27,36H,2-23,25H2,1H3,(H,33,38)(H,34,39)(H,40,41)(H,42,43). The van der Waals surface area contributed by atoms with E-state index in [1.165, 1.54) is 64.7 Å². The number of nitrogens with one attached hydrogen (secondary N) is 2. The summed E-state index contributed by atoms with van der Waals surface area (Å²) in [6.45, 7) is 0.650. The Hall–Kier alpha value is -2.82. The molecule has 11 heteroatoms. The highest BCUT2D eigenvalue weighted by Gasteiger charge is 2.31. The molecule has 0 spiro atoms. The molecule has 0 rings (SSSR count). The van der Waals surface area contributed by atoms with Crippen LogP contribution in [0.25, 0.3) is 0 Å². The smallest absolute Gasteiger partial charge is 0.326 e. The molecule has 11 nitrogen and oxygen atoms in total. The molecule has 2 atom stereocenters. The summed E-state index contributed by atoms with van der Waals surface area (Å²) < 4.78 is 0. The van der Waals surface area contributed by atoms with Crippen molar-refractivity contribution >= 4 is 35.8 Å². The van der Waals surface area contributed by atoms with Crippen LogP contribution < -0.4 is 10.6 Å². The number of carboxylic acid groups (broad SMARTS) is 2. The van der Waals surface area contributed by atoms with Gasteiger partial charge in [-0.1, -0.05) is 89.9 Å². The summed E-state index contributed by atoms with van der Waals surface area (Å²) in [5.41, 5.74) is -1.60. The maximum Gasteiger partial charge on any atom is 0.326 e. The number of aliphatic hydroxyl groups is 1. The van der Waals surface area contributed by atoms with Gasteiger partial charge < -0.3 is 35.5 Å². The average Bonchev–Trinajstić information content (AvgIpc) is 2.96. The first-order valence-corrected chi connectivity index (χ1v) is 16.2. The minimum absolute atomic E-state index is 0.00398. The minimum atomic E-state index is -1.60. The van der Waals surface area contributed by atoms with E-state index >= 15 is 0 Å². The first kappa shape index (κ1) is 40.2. The van der Waals surface area contributed by atoms with E-state index in [1.54, 1.807) is 0 Å². The van der Waals surface area contributed by atoms with Gasteiger partial charge in [-0.15, -0.1) is 0 Å². The van der Waals surface area contributed by atoms with Crippen molar-refractivity contribution in [1.29, 1.82) is 0 Å². The van der Waals surface area contributed by atoms with Gasteiger partial charge in [-0.25, -0.2) is 4.79 Å². The topological polar surface area (TPSA) is 187 Å². The quantitative estimate of drug-likeness (QED) is 0.0558. The SMILES string of the molecule is CC(=O)CCC(C=O)(CO)NC(=O)CCC(NC(=O)CCCCCCCCCCCCCCCCCCC(=O)O)C(=O)O. The van der Waals surface area contributed by atoms with Gasteiger partial charge in [0.1, 0.15) is 23.7 Å². The van der Waals surface area contributed by atoms with Gasteiger partial charge in [0.05, 0.1) is 6.61 Å². The van der Waals surface area contributed by atoms with E-state index in [4.69, 9.17) is 5.11 Å². The lowest BCUT2D eigenvalue weighted by molar-refractivity contribution is -0.142. The number of carbonyl (C=O) groups excluding carboxylic acids is 4. The molecule has 0 aromatic rings. The summed E-state index contributed by atoms with van der Waals surface area (Å²) in [5, 5.41) is 32.5. The van der Waals surface area contributed by atoms with E-state index in [0.29, 0.717) is 12.7 Å². The van der Waals surface area contributed by atoms with Gasteiger partial charge in [0, 0.05) is 25.7 Å². The van der Waals surface area contributed by atoms with Crippen LogP contribution in [-0.2, 0) is 28.8 Å². The number of unbranched alkanes of at least 4 members (excludes halogenated alkanes) is 15. The molecule has 0 radical (unpaired) electrons. The van der Waals surface area contributed by atoms with Gasteiger partial charge in [-0.2, -0.15) is 0 Å². The summed E-state index contributed by atoms with van der Waals surface area (Å²) in [5.74, 6) is -3.20. The first-order chi connectivity index (χ1) is 20.5. The highest BCUT2D eigenvalue weighted by atomic mass is 16.4. The third-order valence-corrected chi connectivity index (χ3v) is 7.66. The fourth-order valence-electron chi connectivity index (χ4n) is 4.88. The molecular formula is C32H56N2O9. The molecule has 0 bridgehead atoms. The molecule has 0 aliphatic carbocycles. The summed E-state index contributed by atoms with van der Waals surface area (Å²) in [6.07, 6.45) is 18.0. The number of hydrogen-bond acceptors (Lipinski definition) is 7. The summed E-state index contributed by atoms with van der Waals surface area (Å²) in [7, 11) is 0. The molecule has 0 saturated carbocycles. The Morgan fingerprint density at radius 1 is 0.651 bits per heavy atom. The lowest BCUT2D eigenvalue weighted by Crippen LogP contribution is -2.53. The number of carbonyl (C=O) groups is 6. The molecule has 43 heavy (non-hydrogen) atoms. The molecule has 2 amide bonds. The van der Waals surface area contributed by atoms with E-state index in [2.05, 4.69) is 10.6 Å². The molecule has 0 fully saturated rings. The number of aldehydes is 1. The van der Waals surface area contributed by atoms with Crippen molar-refractivity contribution in [3.05, 3.63) is 0 Å². The molecule has 248 valence electrons. The summed E-state index contributed by atoms with van der Waals surface area (Å²) >= 11 is 0. The lowest BCUT2D eigenvalue weighted by Gasteiger charge is -2.27. The fraction of sp³-hybridized carbons (Fsp3) is 0.812. The number of Topliss-reactive ketones (excluding diaryl/α,β-unsaturated/α-hetero) is 1. The third-order valence-electron chi connectivity index (χ3n) is 7.66. The molecule has 0 aliphatic rings. The number of aliphatic hydroxyl groups excluding tert-OH is 1. The second-order valence-corrected chi connectivity index (χ2v) is 11.7. The molecule has 5 N–H and O–H groups in total. The van der Waals surface area contributed by atoms with E-state index in [0.717, 1.165) is 38.5 Å². The maximum atomic E-state index is 12.3. The van der Waals surface area contributed by atoms with Crippen LogP contribution in [0, 0.1) is 0 Å². The number of aliphatic carboxylic acids is 2. The van der Waals surface area contributed by atoms with Crippen LogP contribution in [-0.4, -0.2) is 69.3 Å². The van der Waals surface area contributed by atoms with Crippen molar-refractivity contribution in [2.24, 2.45) is 0 Å². The maximum absolute atomic E-state index is 12.3. The van der Waals surface area contributed by atoms with E-state index < -0.39 is 36.0 Å². The predicted molar refractivity (Wildman–Crippen MR) is 163 cm³/mol. The molecule has 0 aromatic heterocycles. The first-order valence-electron chi connectivity index (χ1n) is 16.2. The lowest BCUT2D eigenvalue weighted by atomic mass is 9.94.